The lowest BCUT2D eigenvalue weighted by Crippen LogP contribution is -2.50. The quantitative estimate of drug-likeness (QED) is 0.677. The van der Waals surface area contributed by atoms with Gasteiger partial charge in [-0.15, -0.1) is 0 Å². The number of thioether (sulfide) groups is 1. The van der Waals surface area contributed by atoms with Crippen molar-refractivity contribution in [1.29, 1.82) is 0 Å². The molecule has 0 aromatic heterocycles. The van der Waals surface area contributed by atoms with Gasteiger partial charge in [-0.1, -0.05) is 24.3 Å². The second-order valence-corrected chi connectivity index (χ2v) is 8.74. The van der Waals surface area contributed by atoms with Gasteiger partial charge in [0.15, 0.2) is 5.96 Å². The molecule has 0 unspecified atom stereocenters. The summed E-state index contributed by atoms with van der Waals surface area (Å²) in [7, 11) is 6.09. The van der Waals surface area contributed by atoms with Crippen molar-refractivity contribution in [3.8, 4) is 0 Å². The van der Waals surface area contributed by atoms with Gasteiger partial charge in [-0.2, -0.15) is 11.8 Å². The molecule has 1 fully saturated rings. The van der Waals surface area contributed by atoms with Gasteiger partial charge in [0.1, 0.15) is 0 Å². The van der Waals surface area contributed by atoms with Crippen LogP contribution in [0.3, 0.4) is 0 Å². The third-order valence-electron chi connectivity index (χ3n) is 3.98. The van der Waals surface area contributed by atoms with E-state index in [1.54, 1.807) is 0 Å². The van der Waals surface area contributed by atoms with Gasteiger partial charge in [0.05, 0.1) is 0 Å². The Labute approximate surface area is 145 Å². The fourth-order valence-corrected chi connectivity index (χ4v) is 4.04. The Morgan fingerprint density at radius 2 is 2.00 bits per heavy atom. The zero-order valence-electron chi connectivity index (χ0n) is 15.1. The number of nitrogens with zero attached hydrogens (tertiary/aromatic N) is 3. The van der Waals surface area contributed by atoms with Gasteiger partial charge in [0.2, 0.25) is 0 Å². The summed E-state index contributed by atoms with van der Waals surface area (Å²) in [5.74, 6) is 2.17. The van der Waals surface area contributed by atoms with E-state index in [1.807, 2.05) is 18.8 Å². The average Bonchev–Trinajstić information content (AvgIpc) is 2.48. The molecule has 1 saturated heterocycles. The highest BCUT2D eigenvalue weighted by Gasteiger charge is 2.28. The van der Waals surface area contributed by atoms with Crippen molar-refractivity contribution in [2.75, 3.05) is 40.0 Å². The van der Waals surface area contributed by atoms with Crippen molar-refractivity contribution >= 4 is 17.7 Å². The van der Waals surface area contributed by atoms with E-state index >= 15 is 0 Å². The molecular weight excluding hydrogens is 304 g/mol. The Bertz CT molecular complexity index is 540. The second-order valence-electron chi connectivity index (χ2n) is 6.94. The van der Waals surface area contributed by atoms with E-state index in [4.69, 9.17) is 0 Å². The molecule has 1 N–H and O–H groups in total. The molecule has 0 saturated carbocycles. The zero-order valence-corrected chi connectivity index (χ0v) is 15.9. The summed E-state index contributed by atoms with van der Waals surface area (Å²) < 4.78 is 0.290. The van der Waals surface area contributed by atoms with Crippen LogP contribution in [0.15, 0.2) is 29.3 Å². The largest absolute Gasteiger partial charge is 0.352 e. The van der Waals surface area contributed by atoms with Gasteiger partial charge in [0, 0.05) is 43.7 Å². The summed E-state index contributed by atoms with van der Waals surface area (Å²) in [4.78, 5) is 9.08. The molecule has 23 heavy (non-hydrogen) atoms. The molecule has 1 aliphatic rings. The Morgan fingerprint density at radius 1 is 1.30 bits per heavy atom. The topological polar surface area (TPSA) is 30.9 Å². The average molecular weight is 335 g/mol. The van der Waals surface area contributed by atoms with Crippen LogP contribution in [0, 0.1) is 0 Å². The number of hydrogen-bond acceptors (Lipinski definition) is 3. The van der Waals surface area contributed by atoms with E-state index in [2.05, 4.69) is 72.3 Å². The molecule has 4 nitrogen and oxygen atoms in total. The zero-order chi connectivity index (χ0) is 16.9. The van der Waals surface area contributed by atoms with Gasteiger partial charge in [-0.25, -0.2) is 0 Å². The van der Waals surface area contributed by atoms with Crippen molar-refractivity contribution in [1.82, 2.24) is 15.1 Å². The molecule has 2 rings (SSSR count). The molecule has 0 aliphatic carbocycles. The van der Waals surface area contributed by atoms with E-state index in [0.29, 0.717) is 4.75 Å². The van der Waals surface area contributed by atoms with Crippen LogP contribution in [-0.2, 0) is 13.1 Å². The normalized spacial score (nSPS) is 18.3. The van der Waals surface area contributed by atoms with E-state index in [1.165, 1.54) is 11.1 Å². The molecule has 1 aliphatic heterocycles. The minimum atomic E-state index is 0.290. The van der Waals surface area contributed by atoms with E-state index in [-0.39, 0.29) is 0 Å². The first kappa shape index (κ1) is 18.1. The maximum atomic E-state index is 4.49. The highest BCUT2D eigenvalue weighted by Crippen LogP contribution is 2.29. The summed E-state index contributed by atoms with van der Waals surface area (Å²) in [6.45, 7) is 8.50. The van der Waals surface area contributed by atoms with Gasteiger partial charge >= 0.3 is 0 Å². The molecule has 0 amide bonds. The van der Waals surface area contributed by atoms with E-state index < -0.39 is 0 Å². The summed E-state index contributed by atoms with van der Waals surface area (Å²) in [5, 5.41) is 3.55. The minimum Gasteiger partial charge on any atom is -0.352 e. The van der Waals surface area contributed by atoms with Crippen molar-refractivity contribution in [2.45, 2.75) is 31.7 Å². The fourth-order valence-electron chi connectivity index (χ4n) is 2.93. The van der Waals surface area contributed by atoms with Gasteiger partial charge < -0.3 is 15.1 Å². The molecular formula is C18H30N4S. The van der Waals surface area contributed by atoms with E-state index in [9.17, 15) is 0 Å². The van der Waals surface area contributed by atoms with Crippen LogP contribution < -0.4 is 5.32 Å². The minimum absolute atomic E-state index is 0.290. The van der Waals surface area contributed by atoms with Crippen molar-refractivity contribution in [3.05, 3.63) is 35.4 Å². The number of aliphatic imine (C=N–C) groups is 1. The lowest BCUT2D eigenvalue weighted by Gasteiger charge is -2.39. The summed E-state index contributed by atoms with van der Waals surface area (Å²) in [6, 6.07) is 8.64. The Morgan fingerprint density at radius 3 is 2.61 bits per heavy atom. The Balaban J connectivity index is 2.01. The number of guanidine groups is 1. The summed E-state index contributed by atoms with van der Waals surface area (Å²) in [6.07, 6.45) is 0. The van der Waals surface area contributed by atoms with Crippen LogP contribution in [0.25, 0.3) is 0 Å². The van der Waals surface area contributed by atoms with Gasteiger partial charge in [-0.3, -0.25) is 4.99 Å². The van der Waals surface area contributed by atoms with Crippen LogP contribution in [0.1, 0.15) is 25.0 Å². The molecule has 0 bridgehead atoms. The number of rotatable bonds is 4. The van der Waals surface area contributed by atoms with Crippen molar-refractivity contribution in [2.24, 2.45) is 4.99 Å². The van der Waals surface area contributed by atoms with Crippen LogP contribution in [0.5, 0.6) is 0 Å². The third kappa shape index (κ3) is 5.43. The molecule has 5 heteroatoms. The third-order valence-corrected chi connectivity index (χ3v) is 5.28. The van der Waals surface area contributed by atoms with E-state index in [0.717, 1.165) is 37.9 Å². The second kappa shape index (κ2) is 8.06. The van der Waals surface area contributed by atoms with Crippen LogP contribution in [0.4, 0.5) is 0 Å². The SMILES string of the molecule is CN=C(NCc1ccccc1CN(C)C)N1CCSC(C)(C)C1. The van der Waals surface area contributed by atoms with Crippen LogP contribution in [0.2, 0.25) is 0 Å². The predicted octanol–water partition coefficient (Wildman–Crippen LogP) is 2.65. The maximum absolute atomic E-state index is 4.49. The molecule has 0 spiro atoms. The first-order valence-corrected chi connectivity index (χ1v) is 9.21. The summed E-state index contributed by atoms with van der Waals surface area (Å²) >= 11 is 2.05. The van der Waals surface area contributed by atoms with Gasteiger partial charge in [0.25, 0.3) is 0 Å². The molecule has 1 aromatic carbocycles. The smallest absolute Gasteiger partial charge is 0.193 e. The molecule has 0 atom stereocenters. The van der Waals surface area contributed by atoms with Crippen LogP contribution in [-0.4, -0.2) is 60.5 Å². The number of hydrogen-bond donors (Lipinski definition) is 1. The number of benzene rings is 1. The standard InChI is InChI=1S/C18H30N4S/c1-18(2)14-22(10-11-23-18)17(19-3)20-12-15-8-6-7-9-16(15)13-21(4)5/h6-9H,10-14H2,1-5H3,(H,19,20). The van der Waals surface area contributed by atoms with Gasteiger partial charge in [-0.05, 0) is 39.1 Å². The first-order chi connectivity index (χ1) is 10.9. The molecule has 1 heterocycles. The maximum Gasteiger partial charge on any atom is 0.193 e. The Kier molecular flexibility index (Phi) is 6.36. The lowest BCUT2D eigenvalue weighted by molar-refractivity contribution is 0.375. The van der Waals surface area contributed by atoms with Crippen LogP contribution >= 0.6 is 11.8 Å². The molecule has 1 aromatic rings. The fraction of sp³-hybridized carbons (Fsp3) is 0.611. The highest BCUT2D eigenvalue weighted by molar-refractivity contribution is 8.00. The first-order valence-electron chi connectivity index (χ1n) is 8.22. The highest BCUT2D eigenvalue weighted by atomic mass is 32.2. The number of nitrogens with one attached hydrogen (secondary N) is 1. The predicted molar refractivity (Wildman–Crippen MR) is 102 cm³/mol. The summed E-state index contributed by atoms with van der Waals surface area (Å²) in [5.41, 5.74) is 2.71. The van der Waals surface area contributed by atoms with Crippen molar-refractivity contribution < 1.29 is 0 Å². The van der Waals surface area contributed by atoms with Crippen molar-refractivity contribution in [3.63, 3.8) is 0 Å². The molecule has 128 valence electrons. The monoisotopic (exact) mass is 334 g/mol. The molecule has 0 radical (unpaired) electrons. The lowest BCUT2D eigenvalue weighted by atomic mass is 10.1. The Hall–Kier alpha value is -1.20.